The molecule has 0 aromatic heterocycles. The molecule has 1 rings (SSSR count). The third kappa shape index (κ3) is 3.92. The van der Waals surface area contributed by atoms with Crippen LogP contribution in [0.4, 0.5) is 11.4 Å². The molecule has 0 bridgehead atoms. The summed E-state index contributed by atoms with van der Waals surface area (Å²) in [6.45, 7) is 0. The van der Waals surface area contributed by atoms with Gasteiger partial charge in [-0.25, -0.2) is 0 Å². The average molecular weight is 310 g/mol. The zero-order valence-corrected chi connectivity index (χ0v) is 10.7. The molecule has 0 unspecified atom stereocenters. The molecule has 0 aliphatic rings. The molecule has 21 heavy (non-hydrogen) atoms. The third-order valence-electron chi connectivity index (χ3n) is 2.07. The largest absolute Gasteiger partial charge is 0.540 e. The molecule has 9 nitrogen and oxygen atoms in total. The van der Waals surface area contributed by atoms with Crippen LogP contribution in [-0.4, -0.2) is 23.8 Å². The Morgan fingerprint density at radius 1 is 1.00 bits per heavy atom. The van der Waals surface area contributed by atoms with E-state index in [0.29, 0.717) is 0 Å². The minimum absolute atomic E-state index is 0.123. The maximum atomic E-state index is 11.0. The number of carbonyl (C=O) groups excluding carboxylic acids is 4. The molecular formula is C11H4ClN3O6-2. The molecule has 1 aromatic rings. The summed E-state index contributed by atoms with van der Waals surface area (Å²) in [5, 5.41) is 32.7. The molecule has 1 aromatic carbocycles. The van der Waals surface area contributed by atoms with Gasteiger partial charge in [0, 0.05) is 0 Å². The highest BCUT2D eigenvalue weighted by Crippen LogP contribution is 2.31. The van der Waals surface area contributed by atoms with Gasteiger partial charge in [0.1, 0.15) is 11.9 Å². The maximum Gasteiger partial charge on any atom is 0.271 e. The number of carbonyl (C=O) groups is 4. The number of hydrogen-bond acceptors (Lipinski definition) is 7. The van der Waals surface area contributed by atoms with Crippen LogP contribution >= 0.6 is 11.6 Å². The van der Waals surface area contributed by atoms with Crippen molar-refractivity contribution in [1.29, 1.82) is 5.26 Å². The van der Waals surface area contributed by atoms with E-state index in [9.17, 15) is 29.4 Å². The highest BCUT2D eigenvalue weighted by Gasteiger charge is 2.14. The van der Waals surface area contributed by atoms with Crippen molar-refractivity contribution in [3.63, 3.8) is 0 Å². The topological polar surface area (TPSA) is 162 Å². The van der Waals surface area contributed by atoms with Crippen LogP contribution in [0, 0.1) is 11.3 Å². The lowest BCUT2D eigenvalue weighted by Crippen LogP contribution is -2.37. The first-order valence-corrected chi connectivity index (χ1v) is 5.42. The van der Waals surface area contributed by atoms with Crippen LogP contribution in [0.1, 0.15) is 5.56 Å². The predicted octanol–water partition coefficient (Wildman–Crippen LogP) is -2.41. The smallest absolute Gasteiger partial charge is 0.271 e. The van der Waals surface area contributed by atoms with Gasteiger partial charge in [0.2, 0.25) is 0 Å². The second-order valence-electron chi connectivity index (χ2n) is 3.48. The summed E-state index contributed by atoms with van der Waals surface area (Å²) in [4.78, 5) is 42.7. The number of hydrogen-bond donors (Lipinski definition) is 2. The molecule has 0 saturated heterocycles. The van der Waals surface area contributed by atoms with Gasteiger partial charge in [0.25, 0.3) is 11.8 Å². The van der Waals surface area contributed by atoms with Crippen LogP contribution in [0.25, 0.3) is 0 Å². The Kier molecular flexibility index (Phi) is 4.82. The van der Waals surface area contributed by atoms with Crippen molar-refractivity contribution in [3.8, 4) is 6.07 Å². The Bertz CT molecular complexity index is 645. The van der Waals surface area contributed by atoms with E-state index in [4.69, 9.17) is 16.9 Å². The predicted molar refractivity (Wildman–Crippen MR) is 63.4 cm³/mol. The molecule has 0 spiro atoms. The first-order valence-electron chi connectivity index (χ1n) is 5.04. The number of aliphatic carboxylic acids is 2. The van der Waals surface area contributed by atoms with Crippen molar-refractivity contribution in [3.05, 3.63) is 22.7 Å². The molecule has 0 saturated carbocycles. The van der Waals surface area contributed by atoms with Crippen molar-refractivity contribution >= 4 is 46.7 Å². The van der Waals surface area contributed by atoms with E-state index >= 15 is 0 Å². The number of nitrogens with zero attached hydrogens (tertiary/aromatic N) is 1. The van der Waals surface area contributed by atoms with Crippen molar-refractivity contribution in [1.82, 2.24) is 0 Å². The number of nitrogens with one attached hydrogen (secondary N) is 2. The average Bonchev–Trinajstić information content (AvgIpc) is 2.42. The van der Waals surface area contributed by atoms with Crippen molar-refractivity contribution in [2.75, 3.05) is 10.6 Å². The van der Waals surface area contributed by atoms with Crippen LogP contribution in [0.3, 0.4) is 0 Å². The molecular weight excluding hydrogens is 306 g/mol. The zero-order chi connectivity index (χ0) is 16.2. The van der Waals surface area contributed by atoms with E-state index in [1.54, 1.807) is 6.07 Å². The Balaban J connectivity index is 3.24. The van der Waals surface area contributed by atoms with Gasteiger partial charge in [0.05, 0.1) is 28.0 Å². The highest BCUT2D eigenvalue weighted by molar-refractivity contribution is 6.42. The summed E-state index contributed by atoms with van der Waals surface area (Å²) >= 11 is 5.77. The number of carboxylic acids is 2. The van der Waals surface area contributed by atoms with Gasteiger partial charge in [-0.05, 0) is 12.1 Å². The molecule has 108 valence electrons. The van der Waals surface area contributed by atoms with Gasteiger partial charge in [-0.1, -0.05) is 11.6 Å². The van der Waals surface area contributed by atoms with Crippen molar-refractivity contribution < 1.29 is 29.4 Å². The van der Waals surface area contributed by atoms with E-state index in [1.807, 2.05) is 10.6 Å². The van der Waals surface area contributed by atoms with E-state index in [-0.39, 0.29) is 22.0 Å². The first-order chi connectivity index (χ1) is 9.76. The van der Waals surface area contributed by atoms with Crippen molar-refractivity contribution in [2.45, 2.75) is 0 Å². The Morgan fingerprint density at radius 3 is 1.67 bits per heavy atom. The van der Waals surface area contributed by atoms with E-state index in [0.717, 1.165) is 12.1 Å². The summed E-state index contributed by atoms with van der Waals surface area (Å²) in [6.07, 6.45) is 0. The van der Waals surface area contributed by atoms with Crippen LogP contribution in [0.5, 0.6) is 0 Å². The second-order valence-corrected chi connectivity index (χ2v) is 3.86. The lowest BCUT2D eigenvalue weighted by atomic mass is 10.1. The van der Waals surface area contributed by atoms with Crippen LogP contribution in [-0.2, 0) is 19.2 Å². The van der Waals surface area contributed by atoms with Gasteiger partial charge in [0.15, 0.2) is 0 Å². The number of halogens is 1. The molecule has 0 fully saturated rings. The number of amides is 2. The maximum absolute atomic E-state index is 11.0. The van der Waals surface area contributed by atoms with Gasteiger partial charge in [-0.15, -0.1) is 0 Å². The molecule has 0 aliphatic heterocycles. The summed E-state index contributed by atoms with van der Waals surface area (Å²) in [5.41, 5.74) is -0.765. The molecule has 2 amide bonds. The fourth-order valence-electron chi connectivity index (χ4n) is 1.22. The minimum Gasteiger partial charge on any atom is -0.540 e. The molecule has 0 atom stereocenters. The molecule has 0 radical (unpaired) electrons. The van der Waals surface area contributed by atoms with E-state index < -0.39 is 23.8 Å². The quantitative estimate of drug-likeness (QED) is 0.574. The van der Waals surface area contributed by atoms with Crippen LogP contribution in [0.15, 0.2) is 12.1 Å². The number of anilines is 2. The Labute approximate surface area is 121 Å². The number of rotatable bonds is 2. The molecule has 10 heteroatoms. The minimum atomic E-state index is -2.05. The van der Waals surface area contributed by atoms with Crippen molar-refractivity contribution in [2.24, 2.45) is 0 Å². The lowest BCUT2D eigenvalue weighted by molar-refractivity contribution is -0.300. The second kappa shape index (κ2) is 6.36. The number of carboxylic acid groups (broad SMARTS) is 2. The molecule has 0 heterocycles. The summed E-state index contributed by atoms with van der Waals surface area (Å²) in [5.74, 6) is -7.17. The summed E-state index contributed by atoms with van der Waals surface area (Å²) in [6, 6.07) is 3.70. The molecule has 2 N–H and O–H groups in total. The first kappa shape index (κ1) is 15.9. The lowest BCUT2D eigenvalue weighted by Gasteiger charge is -2.13. The van der Waals surface area contributed by atoms with Gasteiger partial charge < -0.3 is 30.4 Å². The fraction of sp³-hybridized carbons (Fsp3) is 0. The summed E-state index contributed by atoms with van der Waals surface area (Å²) < 4.78 is 0. The number of nitriles is 1. The van der Waals surface area contributed by atoms with Crippen LogP contribution in [0.2, 0.25) is 5.02 Å². The highest BCUT2D eigenvalue weighted by atomic mass is 35.5. The van der Waals surface area contributed by atoms with Gasteiger partial charge in [-0.3, -0.25) is 9.59 Å². The number of benzene rings is 1. The summed E-state index contributed by atoms with van der Waals surface area (Å²) in [7, 11) is 0. The SMILES string of the molecule is N#Cc1cc(NC(=O)C(=O)[O-])c(Cl)c(NC(=O)C(=O)[O-])c1. The van der Waals surface area contributed by atoms with Gasteiger partial charge in [-0.2, -0.15) is 5.26 Å². The Morgan fingerprint density at radius 2 is 1.38 bits per heavy atom. The fourth-order valence-corrected chi connectivity index (χ4v) is 1.42. The standard InChI is InChI=1S/C11H6ClN3O6/c12-7-5(14-8(16)10(18)19)1-4(3-13)2-6(7)15-9(17)11(20)21/h1-2H,(H,14,16)(H,15,17)(H,18,19)(H,20,21)/p-2. The third-order valence-corrected chi connectivity index (χ3v) is 2.48. The monoisotopic (exact) mass is 309 g/mol. The zero-order valence-electron chi connectivity index (χ0n) is 9.93. The normalized spacial score (nSPS) is 9.33. The van der Waals surface area contributed by atoms with Gasteiger partial charge >= 0.3 is 0 Å². The molecule has 0 aliphatic carbocycles. The van der Waals surface area contributed by atoms with Crippen LogP contribution < -0.4 is 20.8 Å². The van der Waals surface area contributed by atoms with E-state index in [1.165, 1.54) is 0 Å². The van der Waals surface area contributed by atoms with E-state index in [2.05, 4.69) is 0 Å². The Hall–Kier alpha value is -3.12.